The topological polar surface area (TPSA) is 20.2 Å². The van der Waals surface area contributed by atoms with Crippen LogP contribution in [0.25, 0.3) is 0 Å². The molecule has 0 aliphatic heterocycles. The van der Waals surface area contributed by atoms with E-state index in [0.717, 1.165) is 12.8 Å². The van der Waals surface area contributed by atoms with Gasteiger partial charge in [0.05, 0.1) is 6.10 Å². The standard InChI is InChI=1S/C22H46O/c1-4-5-6-7-8-9-10-11-12-13-14-15-16-17-18-19-22(23)20-21(2)3/h21-23H,4-20H2,1-3H3. The fourth-order valence-corrected chi connectivity index (χ4v) is 3.41. The molecule has 140 valence electrons. The Morgan fingerprint density at radius 1 is 0.565 bits per heavy atom. The Kier molecular flexibility index (Phi) is 18.3. The largest absolute Gasteiger partial charge is 0.393 e. The first kappa shape index (κ1) is 23.0. The first-order valence-corrected chi connectivity index (χ1v) is 10.8. The molecule has 1 unspecified atom stereocenters. The van der Waals surface area contributed by atoms with Gasteiger partial charge in [0.25, 0.3) is 0 Å². The van der Waals surface area contributed by atoms with Crippen LogP contribution in [0.4, 0.5) is 0 Å². The third kappa shape index (κ3) is 19.9. The molecule has 0 saturated carbocycles. The zero-order valence-electron chi connectivity index (χ0n) is 16.6. The minimum Gasteiger partial charge on any atom is -0.393 e. The number of aliphatic hydroxyl groups excluding tert-OH is 1. The second-order valence-corrected chi connectivity index (χ2v) is 8.02. The quantitative estimate of drug-likeness (QED) is 0.256. The Hall–Kier alpha value is -0.0400. The lowest BCUT2D eigenvalue weighted by Gasteiger charge is -2.12. The molecule has 1 heteroatoms. The molecule has 0 heterocycles. The molecular formula is C22H46O. The van der Waals surface area contributed by atoms with Gasteiger partial charge in [-0.2, -0.15) is 0 Å². The fourth-order valence-electron chi connectivity index (χ4n) is 3.41. The number of hydrogen-bond donors (Lipinski definition) is 1. The highest BCUT2D eigenvalue weighted by atomic mass is 16.3. The van der Waals surface area contributed by atoms with Crippen molar-refractivity contribution in [1.82, 2.24) is 0 Å². The van der Waals surface area contributed by atoms with Gasteiger partial charge < -0.3 is 5.11 Å². The Labute approximate surface area is 147 Å². The van der Waals surface area contributed by atoms with Crippen LogP contribution in [0.15, 0.2) is 0 Å². The molecule has 0 fully saturated rings. The van der Waals surface area contributed by atoms with E-state index in [1.807, 2.05) is 0 Å². The lowest BCUT2D eigenvalue weighted by molar-refractivity contribution is 0.136. The molecule has 0 saturated heterocycles. The van der Waals surface area contributed by atoms with Gasteiger partial charge in [0.2, 0.25) is 0 Å². The molecule has 0 aliphatic rings. The van der Waals surface area contributed by atoms with Crippen molar-refractivity contribution in [2.45, 2.75) is 136 Å². The van der Waals surface area contributed by atoms with Crippen LogP contribution >= 0.6 is 0 Å². The lowest BCUT2D eigenvalue weighted by atomic mass is 10.00. The van der Waals surface area contributed by atoms with Crippen molar-refractivity contribution in [2.75, 3.05) is 0 Å². The third-order valence-corrected chi connectivity index (χ3v) is 4.88. The van der Waals surface area contributed by atoms with Crippen molar-refractivity contribution < 1.29 is 5.11 Å². The smallest absolute Gasteiger partial charge is 0.0542 e. The van der Waals surface area contributed by atoms with E-state index in [0.29, 0.717) is 5.92 Å². The summed E-state index contributed by atoms with van der Waals surface area (Å²) < 4.78 is 0. The van der Waals surface area contributed by atoms with E-state index in [1.165, 1.54) is 96.3 Å². The maximum Gasteiger partial charge on any atom is 0.0542 e. The van der Waals surface area contributed by atoms with E-state index in [4.69, 9.17) is 0 Å². The van der Waals surface area contributed by atoms with E-state index < -0.39 is 0 Å². The third-order valence-electron chi connectivity index (χ3n) is 4.88. The van der Waals surface area contributed by atoms with Crippen LogP contribution in [0.5, 0.6) is 0 Å². The van der Waals surface area contributed by atoms with E-state index in [9.17, 15) is 5.11 Å². The summed E-state index contributed by atoms with van der Waals surface area (Å²) >= 11 is 0. The van der Waals surface area contributed by atoms with Crippen LogP contribution in [0.3, 0.4) is 0 Å². The number of unbranched alkanes of at least 4 members (excludes halogenated alkanes) is 14. The van der Waals surface area contributed by atoms with Crippen LogP contribution in [-0.2, 0) is 0 Å². The van der Waals surface area contributed by atoms with Gasteiger partial charge in [-0.15, -0.1) is 0 Å². The van der Waals surface area contributed by atoms with Gasteiger partial charge in [0.1, 0.15) is 0 Å². The van der Waals surface area contributed by atoms with Gasteiger partial charge in [-0.05, 0) is 18.8 Å². The van der Waals surface area contributed by atoms with Crippen molar-refractivity contribution in [1.29, 1.82) is 0 Å². The van der Waals surface area contributed by atoms with Crippen LogP contribution in [0.2, 0.25) is 0 Å². The van der Waals surface area contributed by atoms with Gasteiger partial charge >= 0.3 is 0 Å². The predicted octanol–water partition coefficient (Wildman–Crippen LogP) is 7.65. The van der Waals surface area contributed by atoms with Crippen molar-refractivity contribution >= 4 is 0 Å². The Balaban J connectivity index is 3.05. The molecule has 0 amide bonds. The summed E-state index contributed by atoms with van der Waals surface area (Å²) in [4.78, 5) is 0. The molecule has 0 aromatic carbocycles. The van der Waals surface area contributed by atoms with Gasteiger partial charge in [-0.3, -0.25) is 0 Å². The first-order valence-electron chi connectivity index (χ1n) is 10.8. The van der Waals surface area contributed by atoms with Crippen LogP contribution in [0.1, 0.15) is 130 Å². The molecule has 0 bridgehead atoms. The summed E-state index contributed by atoms with van der Waals surface area (Å²) in [5, 5.41) is 9.82. The Bertz CT molecular complexity index is 212. The molecule has 0 radical (unpaired) electrons. The normalized spacial score (nSPS) is 12.9. The second kappa shape index (κ2) is 18.3. The minimum absolute atomic E-state index is 0.0584. The van der Waals surface area contributed by atoms with Crippen molar-refractivity contribution in [3.05, 3.63) is 0 Å². The summed E-state index contributed by atoms with van der Waals surface area (Å²) in [5.74, 6) is 0.626. The monoisotopic (exact) mass is 326 g/mol. The highest BCUT2D eigenvalue weighted by Gasteiger charge is 2.05. The zero-order chi connectivity index (χ0) is 17.2. The van der Waals surface area contributed by atoms with E-state index >= 15 is 0 Å². The molecule has 0 aromatic heterocycles. The maximum atomic E-state index is 9.82. The zero-order valence-corrected chi connectivity index (χ0v) is 16.6. The van der Waals surface area contributed by atoms with E-state index in [2.05, 4.69) is 20.8 Å². The molecule has 0 aliphatic carbocycles. The molecular weight excluding hydrogens is 280 g/mol. The van der Waals surface area contributed by atoms with Crippen molar-refractivity contribution in [3.8, 4) is 0 Å². The molecule has 1 N–H and O–H groups in total. The van der Waals surface area contributed by atoms with Crippen molar-refractivity contribution in [2.24, 2.45) is 5.92 Å². The fraction of sp³-hybridized carbons (Fsp3) is 1.00. The molecule has 0 spiro atoms. The average molecular weight is 327 g/mol. The summed E-state index contributed by atoms with van der Waals surface area (Å²) in [6, 6.07) is 0. The predicted molar refractivity (Wildman–Crippen MR) is 105 cm³/mol. The minimum atomic E-state index is -0.0584. The van der Waals surface area contributed by atoms with Gasteiger partial charge in [0.15, 0.2) is 0 Å². The number of aliphatic hydroxyl groups is 1. The van der Waals surface area contributed by atoms with Crippen LogP contribution in [-0.4, -0.2) is 11.2 Å². The number of hydrogen-bond acceptors (Lipinski definition) is 1. The molecule has 0 aromatic rings. The summed E-state index contributed by atoms with van der Waals surface area (Å²) in [5.41, 5.74) is 0. The summed E-state index contributed by atoms with van der Waals surface area (Å²) in [7, 11) is 0. The first-order chi connectivity index (χ1) is 11.2. The van der Waals surface area contributed by atoms with Gasteiger partial charge in [-0.1, -0.05) is 117 Å². The second-order valence-electron chi connectivity index (χ2n) is 8.02. The molecule has 1 nitrogen and oxygen atoms in total. The van der Waals surface area contributed by atoms with Crippen molar-refractivity contribution in [3.63, 3.8) is 0 Å². The lowest BCUT2D eigenvalue weighted by Crippen LogP contribution is -2.09. The van der Waals surface area contributed by atoms with E-state index in [1.54, 1.807) is 0 Å². The van der Waals surface area contributed by atoms with Crippen LogP contribution < -0.4 is 0 Å². The maximum absolute atomic E-state index is 9.82. The average Bonchev–Trinajstić information content (AvgIpc) is 2.50. The summed E-state index contributed by atoms with van der Waals surface area (Å²) in [6.45, 7) is 6.67. The van der Waals surface area contributed by atoms with E-state index in [-0.39, 0.29) is 6.10 Å². The highest BCUT2D eigenvalue weighted by molar-refractivity contribution is 4.59. The van der Waals surface area contributed by atoms with Crippen LogP contribution in [0, 0.1) is 5.92 Å². The highest BCUT2D eigenvalue weighted by Crippen LogP contribution is 2.15. The molecule has 1 atom stereocenters. The summed E-state index contributed by atoms with van der Waals surface area (Å²) in [6.07, 6.45) is 23.0. The Morgan fingerprint density at radius 2 is 0.913 bits per heavy atom. The molecule has 23 heavy (non-hydrogen) atoms. The molecule has 0 rings (SSSR count). The number of rotatable bonds is 18. The SMILES string of the molecule is CCCCCCCCCCCCCCCCCC(O)CC(C)C. The van der Waals surface area contributed by atoms with Gasteiger partial charge in [-0.25, -0.2) is 0 Å². The Morgan fingerprint density at radius 3 is 1.26 bits per heavy atom. The van der Waals surface area contributed by atoms with Gasteiger partial charge in [0, 0.05) is 0 Å².